The average Bonchev–Trinajstić information content (AvgIpc) is 2.93. The molecule has 1 heterocycles. The Morgan fingerprint density at radius 2 is 2.29 bits per heavy atom. The molecule has 7 heteroatoms. The van der Waals surface area contributed by atoms with Gasteiger partial charge in [0.25, 0.3) is 0 Å². The van der Waals surface area contributed by atoms with Crippen LogP contribution in [-0.2, 0) is 11.3 Å². The molecule has 0 radical (unpaired) electrons. The number of carboxylic acid groups (broad SMARTS) is 1. The second-order valence-corrected chi connectivity index (χ2v) is 4.80. The molecule has 1 atom stereocenters. The lowest BCUT2D eigenvalue weighted by Crippen LogP contribution is -2.18. The van der Waals surface area contributed by atoms with Crippen molar-refractivity contribution in [3.05, 3.63) is 24.3 Å². The Hall–Kier alpha value is -2.44. The van der Waals surface area contributed by atoms with Crippen molar-refractivity contribution in [2.45, 2.75) is 26.8 Å². The number of aliphatic carboxylic acids is 1. The molecule has 1 aromatic heterocycles. The van der Waals surface area contributed by atoms with E-state index in [2.05, 4.69) is 15.5 Å². The summed E-state index contributed by atoms with van der Waals surface area (Å²) in [6.07, 6.45) is 0.929. The standard InChI is InChI=1S/C14H18N4O3/c1-3-7-21-12-6-4-5-11(8-12)13-15-16-17-18(13)9-10(2)14(19)20/h4-6,8,10H,3,7,9H2,1-2H3,(H,19,20). The lowest BCUT2D eigenvalue weighted by Gasteiger charge is -2.09. The van der Waals surface area contributed by atoms with E-state index in [9.17, 15) is 4.79 Å². The molecular formula is C14H18N4O3. The van der Waals surface area contributed by atoms with Crippen molar-refractivity contribution >= 4 is 5.97 Å². The van der Waals surface area contributed by atoms with Crippen LogP contribution < -0.4 is 4.74 Å². The summed E-state index contributed by atoms with van der Waals surface area (Å²) in [5, 5.41) is 20.4. The molecule has 7 nitrogen and oxygen atoms in total. The number of rotatable bonds is 7. The predicted molar refractivity (Wildman–Crippen MR) is 75.8 cm³/mol. The van der Waals surface area contributed by atoms with Crippen LogP contribution in [0.1, 0.15) is 20.3 Å². The van der Waals surface area contributed by atoms with Gasteiger partial charge in [0.05, 0.1) is 19.1 Å². The summed E-state index contributed by atoms with van der Waals surface area (Å²) in [6.45, 7) is 4.52. The van der Waals surface area contributed by atoms with Crippen LogP contribution in [0.3, 0.4) is 0 Å². The molecule has 0 aliphatic heterocycles. The van der Waals surface area contributed by atoms with Gasteiger partial charge in [0.15, 0.2) is 5.82 Å². The van der Waals surface area contributed by atoms with Crippen molar-refractivity contribution in [1.82, 2.24) is 20.2 Å². The number of benzene rings is 1. The Kier molecular flexibility index (Phi) is 4.86. The molecule has 112 valence electrons. The van der Waals surface area contributed by atoms with Gasteiger partial charge >= 0.3 is 5.97 Å². The first-order chi connectivity index (χ1) is 10.1. The van der Waals surface area contributed by atoms with Crippen LogP contribution in [0.5, 0.6) is 5.75 Å². The number of carbonyl (C=O) groups is 1. The first-order valence-electron chi connectivity index (χ1n) is 6.84. The van der Waals surface area contributed by atoms with Gasteiger partial charge in [-0.05, 0) is 29.0 Å². The minimum absolute atomic E-state index is 0.220. The third-order valence-electron chi connectivity index (χ3n) is 2.97. The third-order valence-corrected chi connectivity index (χ3v) is 2.97. The monoisotopic (exact) mass is 290 g/mol. The number of hydrogen-bond acceptors (Lipinski definition) is 5. The van der Waals surface area contributed by atoms with Gasteiger partial charge in [0.2, 0.25) is 0 Å². The Labute approximate surface area is 122 Å². The van der Waals surface area contributed by atoms with E-state index in [-0.39, 0.29) is 6.54 Å². The van der Waals surface area contributed by atoms with E-state index < -0.39 is 11.9 Å². The van der Waals surface area contributed by atoms with Gasteiger partial charge in [0, 0.05) is 5.56 Å². The van der Waals surface area contributed by atoms with E-state index in [4.69, 9.17) is 9.84 Å². The van der Waals surface area contributed by atoms with Gasteiger partial charge in [-0.15, -0.1) is 5.10 Å². The van der Waals surface area contributed by atoms with Crippen LogP contribution in [-0.4, -0.2) is 37.9 Å². The van der Waals surface area contributed by atoms with Crippen LogP contribution in [0.25, 0.3) is 11.4 Å². The summed E-state index contributed by atoms with van der Waals surface area (Å²) in [6, 6.07) is 7.45. The fourth-order valence-electron chi connectivity index (χ4n) is 1.82. The normalized spacial score (nSPS) is 12.1. The van der Waals surface area contributed by atoms with Crippen LogP contribution >= 0.6 is 0 Å². The molecule has 0 saturated carbocycles. The molecule has 1 N–H and O–H groups in total. The zero-order valence-corrected chi connectivity index (χ0v) is 12.1. The summed E-state index contributed by atoms with van der Waals surface area (Å²) in [4.78, 5) is 10.9. The zero-order valence-electron chi connectivity index (χ0n) is 12.1. The Balaban J connectivity index is 2.22. The summed E-state index contributed by atoms with van der Waals surface area (Å²) < 4.78 is 7.08. The highest BCUT2D eigenvalue weighted by Crippen LogP contribution is 2.22. The number of ether oxygens (including phenoxy) is 1. The second-order valence-electron chi connectivity index (χ2n) is 4.80. The highest BCUT2D eigenvalue weighted by molar-refractivity contribution is 5.69. The molecule has 1 unspecified atom stereocenters. The number of carboxylic acids is 1. The quantitative estimate of drug-likeness (QED) is 0.837. The molecule has 0 amide bonds. The van der Waals surface area contributed by atoms with Crippen LogP contribution in [0.4, 0.5) is 0 Å². The highest BCUT2D eigenvalue weighted by Gasteiger charge is 2.16. The minimum atomic E-state index is -0.878. The molecule has 0 spiro atoms. The van der Waals surface area contributed by atoms with Crippen molar-refractivity contribution in [2.24, 2.45) is 5.92 Å². The number of hydrogen-bond donors (Lipinski definition) is 1. The summed E-state index contributed by atoms with van der Waals surface area (Å²) in [7, 11) is 0. The molecule has 2 rings (SSSR count). The maximum absolute atomic E-state index is 10.9. The van der Waals surface area contributed by atoms with E-state index in [0.717, 1.165) is 17.7 Å². The molecular weight excluding hydrogens is 272 g/mol. The van der Waals surface area contributed by atoms with Gasteiger partial charge in [-0.2, -0.15) is 0 Å². The Morgan fingerprint density at radius 1 is 1.48 bits per heavy atom. The minimum Gasteiger partial charge on any atom is -0.494 e. The van der Waals surface area contributed by atoms with Crippen LogP contribution in [0.2, 0.25) is 0 Å². The summed E-state index contributed by atoms with van der Waals surface area (Å²) >= 11 is 0. The fourth-order valence-corrected chi connectivity index (χ4v) is 1.82. The van der Waals surface area contributed by atoms with Crippen molar-refractivity contribution in [3.8, 4) is 17.1 Å². The van der Waals surface area contributed by atoms with Crippen LogP contribution in [0, 0.1) is 5.92 Å². The Morgan fingerprint density at radius 3 is 3.00 bits per heavy atom. The third kappa shape index (κ3) is 3.77. The molecule has 1 aromatic carbocycles. The molecule has 0 bridgehead atoms. The van der Waals surface area contributed by atoms with Crippen LogP contribution in [0.15, 0.2) is 24.3 Å². The van der Waals surface area contributed by atoms with E-state index in [1.54, 1.807) is 6.92 Å². The average molecular weight is 290 g/mol. The molecule has 0 aliphatic carbocycles. The molecule has 21 heavy (non-hydrogen) atoms. The lowest BCUT2D eigenvalue weighted by atomic mass is 10.1. The number of tetrazole rings is 1. The smallest absolute Gasteiger partial charge is 0.308 e. The van der Waals surface area contributed by atoms with Gasteiger partial charge in [-0.1, -0.05) is 26.0 Å². The maximum Gasteiger partial charge on any atom is 0.308 e. The van der Waals surface area contributed by atoms with Gasteiger partial charge in [0.1, 0.15) is 5.75 Å². The highest BCUT2D eigenvalue weighted by atomic mass is 16.5. The second kappa shape index (κ2) is 6.83. The van der Waals surface area contributed by atoms with Crippen molar-refractivity contribution in [1.29, 1.82) is 0 Å². The summed E-state index contributed by atoms with van der Waals surface area (Å²) in [5.41, 5.74) is 0.797. The number of aromatic nitrogens is 4. The van der Waals surface area contributed by atoms with Crippen molar-refractivity contribution < 1.29 is 14.6 Å². The fraction of sp³-hybridized carbons (Fsp3) is 0.429. The first-order valence-corrected chi connectivity index (χ1v) is 6.84. The van der Waals surface area contributed by atoms with Crippen molar-refractivity contribution in [2.75, 3.05) is 6.61 Å². The predicted octanol–water partition coefficient (Wildman–Crippen LogP) is 1.85. The van der Waals surface area contributed by atoms with E-state index >= 15 is 0 Å². The Bertz CT molecular complexity index is 612. The molecule has 2 aromatic rings. The number of nitrogens with zero attached hydrogens (tertiary/aromatic N) is 4. The van der Waals surface area contributed by atoms with E-state index in [0.29, 0.717) is 12.4 Å². The van der Waals surface area contributed by atoms with Gasteiger partial charge in [-0.25, -0.2) is 4.68 Å². The SMILES string of the molecule is CCCOc1cccc(-c2nnnn2CC(C)C(=O)O)c1. The zero-order chi connectivity index (χ0) is 15.2. The maximum atomic E-state index is 10.9. The summed E-state index contributed by atoms with van der Waals surface area (Å²) in [5.74, 6) is -0.163. The first kappa shape index (κ1) is 15.0. The lowest BCUT2D eigenvalue weighted by molar-refractivity contribution is -0.141. The topological polar surface area (TPSA) is 90.1 Å². The van der Waals surface area contributed by atoms with Gasteiger partial charge in [-0.3, -0.25) is 4.79 Å². The van der Waals surface area contributed by atoms with E-state index in [1.807, 2.05) is 31.2 Å². The molecule has 0 aliphatic rings. The van der Waals surface area contributed by atoms with Crippen molar-refractivity contribution in [3.63, 3.8) is 0 Å². The largest absolute Gasteiger partial charge is 0.494 e. The van der Waals surface area contributed by atoms with E-state index in [1.165, 1.54) is 4.68 Å². The van der Waals surface area contributed by atoms with Gasteiger partial charge < -0.3 is 9.84 Å². The molecule has 0 fully saturated rings. The molecule has 0 saturated heterocycles.